The van der Waals surface area contributed by atoms with Gasteiger partial charge in [-0.15, -0.1) is 0 Å². The fourth-order valence-corrected chi connectivity index (χ4v) is 3.18. The minimum atomic E-state index is -0.172. The number of aliphatic imine (C=N–C) groups is 1. The first kappa shape index (κ1) is 15.2. The molecule has 122 valence electrons. The van der Waals surface area contributed by atoms with Gasteiger partial charge in [0.1, 0.15) is 5.69 Å². The normalized spacial score (nSPS) is 18.6. The second kappa shape index (κ2) is 5.96. The van der Waals surface area contributed by atoms with Crippen LogP contribution in [0.15, 0.2) is 39.4 Å². The van der Waals surface area contributed by atoms with Crippen LogP contribution in [-0.4, -0.2) is 41.6 Å². The lowest BCUT2D eigenvalue weighted by Gasteiger charge is -2.26. The number of hydrogen-bond donors (Lipinski definition) is 1. The van der Waals surface area contributed by atoms with E-state index in [-0.39, 0.29) is 5.91 Å². The van der Waals surface area contributed by atoms with Crippen molar-refractivity contribution in [3.8, 4) is 11.3 Å². The summed E-state index contributed by atoms with van der Waals surface area (Å²) in [6, 6.07) is 6.90. The molecule has 3 heterocycles. The van der Waals surface area contributed by atoms with Gasteiger partial charge in [-0.2, -0.15) is 0 Å². The zero-order valence-corrected chi connectivity index (χ0v) is 13.9. The summed E-state index contributed by atoms with van der Waals surface area (Å²) < 4.78 is 5.32. The lowest BCUT2D eigenvalue weighted by molar-refractivity contribution is -0.116. The van der Waals surface area contributed by atoms with E-state index < -0.39 is 0 Å². The molecule has 2 aliphatic heterocycles. The molecule has 2 aliphatic rings. The van der Waals surface area contributed by atoms with Crippen molar-refractivity contribution in [1.82, 2.24) is 15.4 Å². The quantitative estimate of drug-likeness (QED) is 0.833. The molecule has 0 bridgehead atoms. The predicted octanol–water partition coefficient (Wildman–Crippen LogP) is 2.83. The zero-order valence-electron chi connectivity index (χ0n) is 12.4. The molecule has 1 fully saturated rings. The Bertz CT molecular complexity index is 888. The average molecular weight is 363 g/mol. The molecule has 0 aliphatic carbocycles. The molecule has 1 amide bonds. The van der Waals surface area contributed by atoms with Crippen molar-refractivity contribution >= 4 is 41.1 Å². The Balaban J connectivity index is 1.61. The van der Waals surface area contributed by atoms with Gasteiger partial charge in [0.25, 0.3) is 5.91 Å². The SMILES string of the molecule is O=C1NC2=NCCN2C/C1=C/c1cc(-c2ccc(Cl)cc2Cl)no1. The van der Waals surface area contributed by atoms with Crippen LogP contribution in [0.5, 0.6) is 0 Å². The minimum Gasteiger partial charge on any atom is -0.356 e. The van der Waals surface area contributed by atoms with Crippen molar-refractivity contribution in [2.24, 2.45) is 4.99 Å². The third-order valence-electron chi connectivity index (χ3n) is 3.86. The molecule has 0 unspecified atom stereocenters. The van der Waals surface area contributed by atoms with E-state index in [1.807, 2.05) is 4.90 Å². The maximum atomic E-state index is 12.1. The largest absolute Gasteiger partial charge is 0.356 e. The number of carbonyl (C=O) groups excluding carboxylic acids is 1. The summed E-state index contributed by atoms with van der Waals surface area (Å²) in [6.45, 7) is 2.00. The van der Waals surface area contributed by atoms with Crippen LogP contribution in [0.1, 0.15) is 5.76 Å². The highest BCUT2D eigenvalue weighted by atomic mass is 35.5. The monoisotopic (exact) mass is 362 g/mol. The Hall–Kier alpha value is -2.31. The van der Waals surface area contributed by atoms with E-state index in [1.165, 1.54) is 0 Å². The standard InChI is InChI=1S/C16H12Cl2N4O2/c17-10-1-2-12(13(18)6-10)14-7-11(24-21-14)5-9-8-22-4-3-19-16(22)20-15(9)23/h1-2,5-7H,3-4,8H2,(H,19,20,23)/b9-5-. The fourth-order valence-electron chi connectivity index (χ4n) is 2.68. The van der Waals surface area contributed by atoms with Gasteiger partial charge in [-0.3, -0.25) is 15.1 Å². The van der Waals surface area contributed by atoms with Gasteiger partial charge in [-0.05, 0) is 24.3 Å². The lowest BCUT2D eigenvalue weighted by Crippen LogP contribution is -2.49. The first-order chi connectivity index (χ1) is 11.6. The summed E-state index contributed by atoms with van der Waals surface area (Å²) in [5, 5.41) is 7.83. The highest BCUT2D eigenvalue weighted by Gasteiger charge is 2.28. The van der Waals surface area contributed by atoms with Gasteiger partial charge >= 0.3 is 0 Å². The summed E-state index contributed by atoms with van der Waals surface area (Å²) in [5.41, 5.74) is 1.90. The third-order valence-corrected chi connectivity index (χ3v) is 4.41. The molecule has 0 atom stereocenters. The van der Waals surface area contributed by atoms with Gasteiger partial charge in [0, 0.05) is 28.8 Å². The van der Waals surface area contributed by atoms with Crippen LogP contribution in [0.2, 0.25) is 10.0 Å². The first-order valence-electron chi connectivity index (χ1n) is 7.33. The summed E-state index contributed by atoms with van der Waals surface area (Å²) in [5.74, 6) is 0.957. The van der Waals surface area contributed by atoms with Gasteiger partial charge < -0.3 is 9.42 Å². The van der Waals surface area contributed by atoms with E-state index in [2.05, 4.69) is 15.5 Å². The average Bonchev–Trinajstić information content (AvgIpc) is 3.17. The number of rotatable bonds is 2. The Kier molecular flexibility index (Phi) is 3.78. The van der Waals surface area contributed by atoms with E-state index in [0.29, 0.717) is 46.1 Å². The van der Waals surface area contributed by atoms with Gasteiger partial charge in [0.15, 0.2) is 5.76 Å². The van der Waals surface area contributed by atoms with Crippen LogP contribution >= 0.6 is 23.2 Å². The number of carbonyl (C=O) groups is 1. The van der Waals surface area contributed by atoms with Gasteiger partial charge in [-0.1, -0.05) is 28.4 Å². The van der Waals surface area contributed by atoms with Crippen LogP contribution in [-0.2, 0) is 4.79 Å². The highest BCUT2D eigenvalue weighted by Crippen LogP contribution is 2.30. The van der Waals surface area contributed by atoms with E-state index in [4.69, 9.17) is 27.7 Å². The first-order valence-corrected chi connectivity index (χ1v) is 8.09. The molecule has 1 saturated heterocycles. The Morgan fingerprint density at radius 2 is 2.17 bits per heavy atom. The minimum absolute atomic E-state index is 0.172. The van der Waals surface area contributed by atoms with Crippen LogP contribution in [0.25, 0.3) is 17.3 Å². The van der Waals surface area contributed by atoms with Crippen molar-refractivity contribution in [2.45, 2.75) is 0 Å². The van der Waals surface area contributed by atoms with Crippen molar-refractivity contribution in [2.75, 3.05) is 19.6 Å². The molecule has 1 N–H and O–H groups in total. The Labute approximate surface area is 147 Å². The molecule has 0 radical (unpaired) electrons. The van der Waals surface area contributed by atoms with Crippen LogP contribution in [0.3, 0.4) is 0 Å². The predicted molar refractivity (Wildman–Crippen MR) is 92.0 cm³/mol. The van der Waals surface area contributed by atoms with Gasteiger partial charge in [-0.25, -0.2) is 0 Å². The summed E-state index contributed by atoms with van der Waals surface area (Å²) in [6.07, 6.45) is 1.69. The van der Waals surface area contributed by atoms with E-state index in [0.717, 1.165) is 12.1 Å². The second-order valence-electron chi connectivity index (χ2n) is 5.49. The van der Waals surface area contributed by atoms with E-state index >= 15 is 0 Å². The molecule has 1 aromatic carbocycles. The summed E-state index contributed by atoms with van der Waals surface area (Å²) >= 11 is 12.1. The van der Waals surface area contributed by atoms with Crippen LogP contribution in [0.4, 0.5) is 0 Å². The molecule has 8 heteroatoms. The topological polar surface area (TPSA) is 70.7 Å². The summed E-state index contributed by atoms with van der Waals surface area (Å²) in [7, 11) is 0. The summed E-state index contributed by atoms with van der Waals surface area (Å²) in [4.78, 5) is 18.4. The number of guanidine groups is 1. The number of benzene rings is 1. The van der Waals surface area contributed by atoms with Crippen LogP contribution < -0.4 is 5.32 Å². The number of hydrogen-bond acceptors (Lipinski definition) is 5. The van der Waals surface area contributed by atoms with E-state index in [1.54, 1.807) is 30.3 Å². The number of halogens is 2. The maximum Gasteiger partial charge on any atom is 0.255 e. The molecule has 0 spiro atoms. The Morgan fingerprint density at radius 3 is 3.00 bits per heavy atom. The second-order valence-corrected chi connectivity index (χ2v) is 6.33. The highest BCUT2D eigenvalue weighted by molar-refractivity contribution is 6.36. The number of aromatic nitrogens is 1. The zero-order chi connectivity index (χ0) is 16.7. The fraction of sp³-hybridized carbons (Fsp3) is 0.188. The molecule has 24 heavy (non-hydrogen) atoms. The lowest BCUT2D eigenvalue weighted by atomic mass is 10.1. The number of amides is 1. The number of nitrogens with one attached hydrogen (secondary N) is 1. The maximum absolute atomic E-state index is 12.1. The molecule has 6 nitrogen and oxygen atoms in total. The van der Waals surface area contributed by atoms with Crippen molar-refractivity contribution in [1.29, 1.82) is 0 Å². The van der Waals surface area contributed by atoms with Gasteiger partial charge in [0.2, 0.25) is 5.96 Å². The number of fused-ring (bicyclic) bond motifs is 1. The molecule has 2 aromatic rings. The smallest absolute Gasteiger partial charge is 0.255 e. The number of nitrogens with zero attached hydrogens (tertiary/aromatic N) is 3. The molecule has 0 saturated carbocycles. The van der Waals surface area contributed by atoms with Crippen molar-refractivity contribution in [3.05, 3.63) is 45.6 Å². The van der Waals surface area contributed by atoms with E-state index in [9.17, 15) is 4.79 Å². The van der Waals surface area contributed by atoms with Crippen molar-refractivity contribution < 1.29 is 9.32 Å². The molecular formula is C16H12Cl2N4O2. The molecule has 4 rings (SSSR count). The molecular weight excluding hydrogens is 351 g/mol. The van der Waals surface area contributed by atoms with Gasteiger partial charge in [0.05, 0.1) is 18.1 Å². The van der Waals surface area contributed by atoms with Crippen molar-refractivity contribution in [3.63, 3.8) is 0 Å². The third kappa shape index (κ3) is 2.79. The Morgan fingerprint density at radius 1 is 1.29 bits per heavy atom. The van der Waals surface area contributed by atoms with Crippen LogP contribution in [0, 0.1) is 0 Å². The molecule has 1 aromatic heterocycles.